The number of nitrogen functional groups attached to an aromatic ring is 1. The van der Waals surface area contributed by atoms with Crippen LogP contribution in [-0.4, -0.2) is 9.78 Å². The molecule has 0 bridgehead atoms. The number of anilines is 1. The average Bonchev–Trinajstić information content (AvgIpc) is 2.94. The summed E-state index contributed by atoms with van der Waals surface area (Å²) >= 11 is 2.17. The maximum absolute atomic E-state index is 5.99. The van der Waals surface area contributed by atoms with Gasteiger partial charge in [-0.2, -0.15) is 5.10 Å². The normalized spacial score (nSPS) is 13.0. The Balaban J connectivity index is 2.06. The molecule has 0 aliphatic carbocycles. The zero-order chi connectivity index (χ0) is 12.7. The van der Waals surface area contributed by atoms with Gasteiger partial charge < -0.3 is 10.2 Å². The van der Waals surface area contributed by atoms with Crippen LogP contribution in [0.25, 0.3) is 11.0 Å². The van der Waals surface area contributed by atoms with Gasteiger partial charge >= 0.3 is 0 Å². The van der Waals surface area contributed by atoms with E-state index >= 15 is 0 Å². The van der Waals surface area contributed by atoms with E-state index in [1.807, 2.05) is 37.3 Å². The van der Waals surface area contributed by atoms with E-state index < -0.39 is 0 Å². The molecule has 5 heteroatoms. The van der Waals surface area contributed by atoms with E-state index in [0.717, 1.165) is 20.3 Å². The Hall–Kier alpha value is -1.50. The first kappa shape index (κ1) is 11.6. The third kappa shape index (κ3) is 1.78. The van der Waals surface area contributed by atoms with Gasteiger partial charge in [0, 0.05) is 5.39 Å². The van der Waals surface area contributed by atoms with Gasteiger partial charge in [-0.1, -0.05) is 18.2 Å². The molecule has 3 rings (SSSR count). The molecule has 2 aromatic heterocycles. The van der Waals surface area contributed by atoms with Gasteiger partial charge in [-0.25, -0.2) is 4.68 Å². The van der Waals surface area contributed by atoms with Crippen LogP contribution in [0.4, 0.5) is 5.82 Å². The van der Waals surface area contributed by atoms with Crippen LogP contribution < -0.4 is 5.73 Å². The number of hydrogen-bond acceptors (Lipinski definition) is 3. The van der Waals surface area contributed by atoms with Crippen LogP contribution in [0.2, 0.25) is 0 Å². The van der Waals surface area contributed by atoms with Crippen molar-refractivity contribution < 1.29 is 4.42 Å². The lowest BCUT2D eigenvalue weighted by atomic mass is 10.2. The predicted molar refractivity (Wildman–Crippen MR) is 79.4 cm³/mol. The lowest BCUT2D eigenvalue weighted by Crippen LogP contribution is -2.10. The molecule has 0 aliphatic rings. The fourth-order valence-electron chi connectivity index (χ4n) is 1.99. The van der Waals surface area contributed by atoms with Crippen molar-refractivity contribution in [3.63, 3.8) is 0 Å². The molecule has 3 aromatic rings. The minimum absolute atomic E-state index is 0.0130. The first-order valence-electron chi connectivity index (χ1n) is 5.64. The molecular weight excluding hydrogens is 341 g/mol. The second kappa shape index (κ2) is 4.31. The largest absolute Gasteiger partial charge is 0.459 e. The number of nitrogens with zero attached hydrogens (tertiary/aromatic N) is 2. The Morgan fingerprint density at radius 3 is 2.83 bits per heavy atom. The molecule has 4 nitrogen and oxygen atoms in total. The van der Waals surface area contributed by atoms with Crippen LogP contribution in [0.1, 0.15) is 18.7 Å². The van der Waals surface area contributed by atoms with Crippen molar-refractivity contribution >= 4 is 39.4 Å². The first-order chi connectivity index (χ1) is 8.66. The smallest absolute Gasteiger partial charge is 0.136 e. The lowest BCUT2D eigenvalue weighted by molar-refractivity contribution is 0.448. The van der Waals surface area contributed by atoms with Gasteiger partial charge in [-0.3, -0.25) is 0 Å². The van der Waals surface area contributed by atoms with Crippen LogP contribution in [0.5, 0.6) is 0 Å². The van der Waals surface area contributed by atoms with Crippen LogP contribution in [0.15, 0.2) is 40.9 Å². The van der Waals surface area contributed by atoms with E-state index in [1.165, 1.54) is 0 Å². The van der Waals surface area contributed by atoms with Crippen molar-refractivity contribution in [2.24, 2.45) is 0 Å². The minimum Gasteiger partial charge on any atom is -0.459 e. The highest BCUT2D eigenvalue weighted by Gasteiger charge is 2.17. The molecule has 0 aliphatic heterocycles. The highest BCUT2D eigenvalue weighted by molar-refractivity contribution is 14.1. The van der Waals surface area contributed by atoms with Crippen LogP contribution in [0, 0.1) is 3.57 Å². The van der Waals surface area contributed by atoms with Gasteiger partial charge in [0.05, 0.1) is 9.77 Å². The lowest BCUT2D eigenvalue weighted by Gasteiger charge is -2.10. The molecule has 0 spiro atoms. The fourth-order valence-corrected chi connectivity index (χ4v) is 2.36. The molecule has 0 radical (unpaired) electrons. The molecule has 0 amide bonds. The number of para-hydroxylation sites is 1. The van der Waals surface area contributed by atoms with E-state index in [-0.39, 0.29) is 6.04 Å². The summed E-state index contributed by atoms with van der Waals surface area (Å²) in [7, 11) is 0. The molecule has 2 N–H and O–H groups in total. The molecule has 0 fully saturated rings. The van der Waals surface area contributed by atoms with Crippen molar-refractivity contribution in [2.75, 3.05) is 5.73 Å². The van der Waals surface area contributed by atoms with Gasteiger partial charge in [0.25, 0.3) is 0 Å². The maximum atomic E-state index is 5.99. The van der Waals surface area contributed by atoms with Crippen molar-refractivity contribution in [3.8, 4) is 0 Å². The van der Waals surface area contributed by atoms with Crippen LogP contribution in [0.3, 0.4) is 0 Å². The number of halogens is 1. The summed E-state index contributed by atoms with van der Waals surface area (Å²) < 4.78 is 8.56. The molecule has 0 saturated heterocycles. The monoisotopic (exact) mass is 353 g/mol. The summed E-state index contributed by atoms with van der Waals surface area (Å²) in [5.74, 6) is 1.53. The summed E-state index contributed by atoms with van der Waals surface area (Å²) in [6, 6.07) is 9.98. The highest BCUT2D eigenvalue weighted by Crippen LogP contribution is 2.28. The standard InChI is InChI=1S/C13H12IN3O/c1-8(17-13(15)10(14)7-16-17)12-6-9-4-2-3-5-11(9)18-12/h2-8H,15H2,1H3. The molecule has 1 aromatic carbocycles. The van der Waals surface area contributed by atoms with Crippen molar-refractivity contribution in [1.82, 2.24) is 9.78 Å². The van der Waals surface area contributed by atoms with Crippen molar-refractivity contribution in [3.05, 3.63) is 45.9 Å². The Bertz CT molecular complexity index is 668. The summed E-state index contributed by atoms with van der Waals surface area (Å²) in [6.07, 6.45) is 1.76. The van der Waals surface area contributed by atoms with E-state index in [4.69, 9.17) is 10.2 Å². The predicted octanol–water partition coefficient (Wildman–Crippen LogP) is 3.43. The van der Waals surface area contributed by atoms with Gasteiger partial charge in [0.2, 0.25) is 0 Å². The third-order valence-corrected chi connectivity index (χ3v) is 3.84. The zero-order valence-corrected chi connectivity index (χ0v) is 12.0. The third-order valence-electron chi connectivity index (χ3n) is 3.01. The highest BCUT2D eigenvalue weighted by atomic mass is 127. The SMILES string of the molecule is CC(c1cc2ccccc2o1)n1ncc(I)c1N. The van der Waals surface area contributed by atoms with Gasteiger partial charge in [-0.05, 0) is 41.6 Å². The molecular formula is C13H12IN3O. The van der Waals surface area contributed by atoms with Gasteiger partial charge in [0.1, 0.15) is 23.2 Å². The van der Waals surface area contributed by atoms with E-state index in [0.29, 0.717) is 5.82 Å². The van der Waals surface area contributed by atoms with E-state index in [1.54, 1.807) is 10.9 Å². The number of furan rings is 1. The number of fused-ring (bicyclic) bond motifs is 1. The molecule has 92 valence electrons. The van der Waals surface area contributed by atoms with Crippen molar-refractivity contribution in [2.45, 2.75) is 13.0 Å². The Kier molecular flexibility index (Phi) is 2.77. The Morgan fingerprint density at radius 1 is 1.39 bits per heavy atom. The maximum Gasteiger partial charge on any atom is 0.136 e. The van der Waals surface area contributed by atoms with Crippen LogP contribution in [-0.2, 0) is 0 Å². The number of hydrogen-bond donors (Lipinski definition) is 1. The minimum atomic E-state index is -0.0130. The second-order valence-electron chi connectivity index (χ2n) is 4.18. The average molecular weight is 353 g/mol. The summed E-state index contributed by atoms with van der Waals surface area (Å²) in [4.78, 5) is 0. The molecule has 18 heavy (non-hydrogen) atoms. The summed E-state index contributed by atoms with van der Waals surface area (Å²) in [5.41, 5.74) is 6.88. The molecule has 1 unspecified atom stereocenters. The number of benzene rings is 1. The van der Waals surface area contributed by atoms with Crippen molar-refractivity contribution in [1.29, 1.82) is 0 Å². The zero-order valence-electron chi connectivity index (χ0n) is 9.80. The Labute approximate surface area is 118 Å². The van der Waals surface area contributed by atoms with Crippen LogP contribution >= 0.6 is 22.6 Å². The summed E-state index contributed by atoms with van der Waals surface area (Å²) in [5, 5.41) is 5.38. The number of rotatable bonds is 2. The molecule has 1 atom stereocenters. The molecule has 0 saturated carbocycles. The van der Waals surface area contributed by atoms with E-state index in [9.17, 15) is 0 Å². The topological polar surface area (TPSA) is 57.0 Å². The van der Waals surface area contributed by atoms with Gasteiger partial charge in [-0.15, -0.1) is 0 Å². The van der Waals surface area contributed by atoms with Gasteiger partial charge in [0.15, 0.2) is 0 Å². The fraction of sp³-hybridized carbons (Fsp3) is 0.154. The quantitative estimate of drug-likeness (QED) is 0.719. The number of aromatic nitrogens is 2. The first-order valence-corrected chi connectivity index (χ1v) is 6.71. The number of nitrogens with two attached hydrogens (primary N) is 1. The Morgan fingerprint density at radius 2 is 2.17 bits per heavy atom. The molecule has 2 heterocycles. The summed E-state index contributed by atoms with van der Waals surface area (Å²) in [6.45, 7) is 2.02. The van der Waals surface area contributed by atoms with E-state index in [2.05, 4.69) is 27.7 Å². The second-order valence-corrected chi connectivity index (χ2v) is 5.35.